The first kappa shape index (κ1) is 16.2. The van der Waals surface area contributed by atoms with E-state index in [9.17, 15) is 13.6 Å². The average molecular weight is 372 g/mol. The summed E-state index contributed by atoms with van der Waals surface area (Å²) in [5.74, 6) is -0.361. The summed E-state index contributed by atoms with van der Waals surface area (Å²) >= 11 is 3.27. The highest BCUT2D eigenvalue weighted by atomic mass is 79.9. The van der Waals surface area contributed by atoms with Crippen molar-refractivity contribution >= 4 is 27.5 Å². The van der Waals surface area contributed by atoms with Crippen molar-refractivity contribution < 1.29 is 23.0 Å². The summed E-state index contributed by atoms with van der Waals surface area (Å²) < 4.78 is 34.8. The molecule has 1 N–H and O–H groups in total. The van der Waals surface area contributed by atoms with Crippen molar-refractivity contribution in [3.05, 3.63) is 52.5 Å². The number of methoxy groups -OCH3 is 1. The monoisotopic (exact) mass is 371 g/mol. The fourth-order valence-electron chi connectivity index (χ4n) is 1.78. The standard InChI is InChI=1S/C15H12BrF2NO3/c1-21-12-6-5-11(8-13(12)22-15(17)18)19-14(20)9-3-2-4-10(16)7-9/h2-8,15H,1H3,(H,19,20). The predicted octanol–water partition coefficient (Wildman–Crippen LogP) is 4.31. The van der Waals surface area contributed by atoms with Crippen molar-refractivity contribution in [3.63, 3.8) is 0 Å². The normalized spacial score (nSPS) is 10.4. The van der Waals surface area contributed by atoms with Gasteiger partial charge in [-0.3, -0.25) is 4.79 Å². The maximum atomic E-state index is 12.4. The molecular formula is C15H12BrF2NO3. The Labute approximate surface area is 134 Å². The molecule has 0 unspecified atom stereocenters. The summed E-state index contributed by atoms with van der Waals surface area (Å²) in [6, 6.07) is 11.1. The molecule has 0 aromatic heterocycles. The molecule has 0 aliphatic heterocycles. The second kappa shape index (κ2) is 7.22. The van der Waals surface area contributed by atoms with Gasteiger partial charge in [-0.05, 0) is 30.3 Å². The lowest BCUT2D eigenvalue weighted by atomic mass is 10.2. The van der Waals surface area contributed by atoms with E-state index in [1.165, 1.54) is 25.3 Å². The van der Waals surface area contributed by atoms with Crippen LogP contribution in [0.2, 0.25) is 0 Å². The molecule has 0 bridgehead atoms. The molecule has 2 aromatic carbocycles. The maximum Gasteiger partial charge on any atom is 0.387 e. The number of amides is 1. The van der Waals surface area contributed by atoms with Gasteiger partial charge in [0, 0.05) is 21.8 Å². The van der Waals surface area contributed by atoms with Crippen LogP contribution in [0.4, 0.5) is 14.5 Å². The van der Waals surface area contributed by atoms with E-state index in [1.54, 1.807) is 24.3 Å². The third kappa shape index (κ3) is 4.17. The molecule has 7 heteroatoms. The largest absolute Gasteiger partial charge is 0.493 e. The van der Waals surface area contributed by atoms with E-state index in [0.717, 1.165) is 4.47 Å². The summed E-state index contributed by atoms with van der Waals surface area (Å²) in [6.07, 6.45) is 0. The van der Waals surface area contributed by atoms with Crippen LogP contribution in [-0.4, -0.2) is 19.6 Å². The Kier molecular flexibility index (Phi) is 5.32. The van der Waals surface area contributed by atoms with Crippen molar-refractivity contribution in [1.29, 1.82) is 0 Å². The van der Waals surface area contributed by atoms with E-state index in [0.29, 0.717) is 11.3 Å². The Hall–Kier alpha value is -2.15. The van der Waals surface area contributed by atoms with Gasteiger partial charge in [0.2, 0.25) is 0 Å². The van der Waals surface area contributed by atoms with Gasteiger partial charge < -0.3 is 14.8 Å². The van der Waals surface area contributed by atoms with Crippen LogP contribution in [0.3, 0.4) is 0 Å². The minimum absolute atomic E-state index is 0.149. The Morgan fingerprint density at radius 1 is 1.18 bits per heavy atom. The highest BCUT2D eigenvalue weighted by Crippen LogP contribution is 2.31. The van der Waals surface area contributed by atoms with E-state index >= 15 is 0 Å². The molecule has 0 saturated carbocycles. The highest BCUT2D eigenvalue weighted by molar-refractivity contribution is 9.10. The number of carbonyl (C=O) groups is 1. The number of nitrogens with one attached hydrogen (secondary N) is 1. The first-order valence-corrected chi connectivity index (χ1v) is 6.98. The van der Waals surface area contributed by atoms with Crippen molar-refractivity contribution in [1.82, 2.24) is 0 Å². The van der Waals surface area contributed by atoms with Crippen LogP contribution in [0.15, 0.2) is 46.9 Å². The fraction of sp³-hybridized carbons (Fsp3) is 0.133. The smallest absolute Gasteiger partial charge is 0.387 e. The first-order chi connectivity index (χ1) is 10.5. The number of halogens is 3. The Bertz CT molecular complexity index is 680. The molecule has 0 saturated heterocycles. The van der Waals surface area contributed by atoms with Crippen molar-refractivity contribution in [2.75, 3.05) is 12.4 Å². The Morgan fingerprint density at radius 3 is 2.59 bits per heavy atom. The summed E-state index contributed by atoms with van der Waals surface area (Å²) in [5.41, 5.74) is 0.753. The number of hydrogen-bond acceptors (Lipinski definition) is 3. The summed E-state index contributed by atoms with van der Waals surface area (Å²) in [6.45, 7) is -2.98. The number of alkyl halides is 2. The van der Waals surface area contributed by atoms with Crippen LogP contribution < -0.4 is 14.8 Å². The molecule has 0 spiro atoms. The van der Waals surface area contributed by atoms with Crippen LogP contribution in [0.25, 0.3) is 0 Å². The third-order valence-corrected chi connectivity index (χ3v) is 3.22. The zero-order chi connectivity index (χ0) is 16.1. The van der Waals surface area contributed by atoms with Crippen LogP contribution in [0.1, 0.15) is 10.4 Å². The number of hydrogen-bond donors (Lipinski definition) is 1. The second-order valence-electron chi connectivity index (χ2n) is 4.21. The van der Waals surface area contributed by atoms with E-state index in [-0.39, 0.29) is 17.4 Å². The van der Waals surface area contributed by atoms with Gasteiger partial charge in [0.05, 0.1) is 7.11 Å². The summed E-state index contributed by atoms with van der Waals surface area (Å²) in [4.78, 5) is 12.1. The predicted molar refractivity (Wildman–Crippen MR) is 81.7 cm³/mol. The maximum absolute atomic E-state index is 12.4. The van der Waals surface area contributed by atoms with Crippen molar-refractivity contribution in [3.8, 4) is 11.5 Å². The van der Waals surface area contributed by atoms with Gasteiger partial charge >= 0.3 is 6.61 Å². The Balaban J connectivity index is 2.20. The second-order valence-corrected chi connectivity index (χ2v) is 5.12. The van der Waals surface area contributed by atoms with Gasteiger partial charge in [0.1, 0.15) is 0 Å². The zero-order valence-corrected chi connectivity index (χ0v) is 13.1. The molecule has 0 aliphatic carbocycles. The lowest BCUT2D eigenvalue weighted by Crippen LogP contribution is -2.12. The van der Waals surface area contributed by atoms with Crippen molar-refractivity contribution in [2.45, 2.75) is 6.61 Å². The molecule has 1 amide bonds. The average Bonchev–Trinajstić information content (AvgIpc) is 2.47. The quantitative estimate of drug-likeness (QED) is 0.851. The first-order valence-electron chi connectivity index (χ1n) is 6.19. The minimum atomic E-state index is -2.98. The molecule has 0 fully saturated rings. The van der Waals surface area contributed by atoms with Gasteiger partial charge in [0.25, 0.3) is 5.91 Å². The third-order valence-electron chi connectivity index (χ3n) is 2.72. The molecular weight excluding hydrogens is 360 g/mol. The van der Waals surface area contributed by atoms with Crippen LogP contribution in [0, 0.1) is 0 Å². The van der Waals surface area contributed by atoms with Crippen molar-refractivity contribution in [2.24, 2.45) is 0 Å². The van der Waals surface area contributed by atoms with Gasteiger partial charge in [-0.25, -0.2) is 0 Å². The van der Waals surface area contributed by atoms with Gasteiger partial charge in [-0.2, -0.15) is 8.78 Å². The SMILES string of the molecule is COc1ccc(NC(=O)c2cccc(Br)c2)cc1OC(F)F. The van der Waals surface area contributed by atoms with E-state index in [4.69, 9.17) is 4.74 Å². The number of anilines is 1. The topological polar surface area (TPSA) is 47.6 Å². The molecule has 2 aromatic rings. The lowest BCUT2D eigenvalue weighted by Gasteiger charge is -2.12. The minimum Gasteiger partial charge on any atom is -0.493 e. The zero-order valence-electron chi connectivity index (χ0n) is 11.5. The molecule has 22 heavy (non-hydrogen) atoms. The van der Waals surface area contributed by atoms with Crippen LogP contribution in [-0.2, 0) is 0 Å². The number of rotatable bonds is 5. The molecule has 0 radical (unpaired) electrons. The highest BCUT2D eigenvalue weighted by Gasteiger charge is 2.13. The molecule has 0 atom stereocenters. The number of ether oxygens (including phenoxy) is 2. The van der Waals surface area contributed by atoms with Gasteiger partial charge in [-0.15, -0.1) is 0 Å². The van der Waals surface area contributed by atoms with Crippen LogP contribution in [0.5, 0.6) is 11.5 Å². The van der Waals surface area contributed by atoms with E-state index in [2.05, 4.69) is 26.0 Å². The van der Waals surface area contributed by atoms with E-state index < -0.39 is 6.61 Å². The fourth-order valence-corrected chi connectivity index (χ4v) is 2.17. The summed E-state index contributed by atoms with van der Waals surface area (Å²) in [5, 5.41) is 2.61. The summed E-state index contributed by atoms with van der Waals surface area (Å²) in [7, 11) is 1.34. The molecule has 0 aliphatic rings. The molecule has 0 heterocycles. The van der Waals surface area contributed by atoms with Crippen LogP contribution >= 0.6 is 15.9 Å². The molecule has 2 rings (SSSR count). The number of benzene rings is 2. The van der Waals surface area contributed by atoms with Gasteiger partial charge in [0.15, 0.2) is 11.5 Å². The number of carbonyl (C=O) groups excluding carboxylic acids is 1. The Morgan fingerprint density at radius 2 is 1.95 bits per heavy atom. The van der Waals surface area contributed by atoms with Gasteiger partial charge in [-0.1, -0.05) is 22.0 Å². The lowest BCUT2D eigenvalue weighted by molar-refractivity contribution is -0.0511. The molecule has 4 nitrogen and oxygen atoms in total. The molecule has 116 valence electrons. The van der Waals surface area contributed by atoms with E-state index in [1.807, 2.05) is 0 Å².